The van der Waals surface area contributed by atoms with Crippen LogP contribution >= 0.6 is 0 Å². The summed E-state index contributed by atoms with van der Waals surface area (Å²) in [6.07, 6.45) is 0.816. The fourth-order valence-corrected chi connectivity index (χ4v) is 4.24. The lowest BCUT2D eigenvalue weighted by Gasteiger charge is -2.26. The van der Waals surface area contributed by atoms with E-state index in [4.69, 9.17) is 14.5 Å². The van der Waals surface area contributed by atoms with Crippen molar-refractivity contribution in [3.05, 3.63) is 83.4 Å². The summed E-state index contributed by atoms with van der Waals surface area (Å²) in [5.74, 6) is 1.78. The van der Waals surface area contributed by atoms with Gasteiger partial charge < -0.3 is 14.5 Å². The number of aromatic nitrogens is 2. The van der Waals surface area contributed by atoms with E-state index in [0.717, 1.165) is 67.4 Å². The molecule has 2 heterocycles. The second kappa shape index (κ2) is 9.55. The number of morpholine rings is 1. The smallest absolute Gasteiger partial charge is 0.138 e. The number of nitrogens with one attached hydrogen (secondary N) is 1. The Morgan fingerprint density at radius 3 is 2.66 bits per heavy atom. The van der Waals surface area contributed by atoms with Crippen molar-refractivity contribution >= 4 is 11.0 Å². The van der Waals surface area contributed by atoms with Crippen molar-refractivity contribution in [1.29, 1.82) is 0 Å². The Kier molecular flexibility index (Phi) is 6.19. The quantitative estimate of drug-likeness (QED) is 0.459. The van der Waals surface area contributed by atoms with Crippen LogP contribution in [0.25, 0.3) is 22.4 Å². The molecule has 5 rings (SSSR count). The molecule has 0 saturated carbocycles. The number of benzene rings is 3. The molecule has 0 spiro atoms. The Bertz CT molecular complexity index is 1180. The Labute approximate surface area is 189 Å². The fourth-order valence-electron chi connectivity index (χ4n) is 4.24. The van der Waals surface area contributed by atoms with Gasteiger partial charge >= 0.3 is 0 Å². The first-order valence-corrected chi connectivity index (χ1v) is 11.3. The molecule has 0 amide bonds. The van der Waals surface area contributed by atoms with Gasteiger partial charge in [-0.05, 0) is 36.6 Å². The Hall–Kier alpha value is -3.15. The predicted octanol–water partition coefficient (Wildman–Crippen LogP) is 4.84. The topological polar surface area (TPSA) is 50.4 Å². The fraction of sp³-hybridized carbons (Fsp3) is 0.296. The van der Waals surface area contributed by atoms with Gasteiger partial charge in [-0.2, -0.15) is 0 Å². The molecule has 1 fully saturated rings. The van der Waals surface area contributed by atoms with Gasteiger partial charge in [0.25, 0.3) is 0 Å². The van der Waals surface area contributed by atoms with Gasteiger partial charge in [0.2, 0.25) is 0 Å². The van der Waals surface area contributed by atoms with Crippen LogP contribution in [0.15, 0.2) is 66.7 Å². The number of hydrogen-bond acceptors (Lipinski definition) is 4. The van der Waals surface area contributed by atoms with Crippen LogP contribution in [0.4, 0.5) is 0 Å². The molecule has 4 aromatic rings. The molecule has 1 aliphatic heterocycles. The van der Waals surface area contributed by atoms with Crippen molar-refractivity contribution in [1.82, 2.24) is 14.9 Å². The third-order valence-electron chi connectivity index (χ3n) is 5.95. The first-order valence-electron chi connectivity index (χ1n) is 11.3. The molecule has 0 bridgehead atoms. The summed E-state index contributed by atoms with van der Waals surface area (Å²) in [7, 11) is 0. The molecule has 1 aliphatic rings. The van der Waals surface area contributed by atoms with Gasteiger partial charge in [0.05, 0.1) is 24.2 Å². The molecule has 0 atom stereocenters. The highest BCUT2D eigenvalue weighted by Crippen LogP contribution is 2.29. The zero-order valence-electron chi connectivity index (χ0n) is 18.5. The number of fused-ring (bicyclic) bond motifs is 1. The van der Waals surface area contributed by atoms with Gasteiger partial charge in [-0.1, -0.05) is 54.1 Å². The van der Waals surface area contributed by atoms with Crippen molar-refractivity contribution < 1.29 is 9.47 Å². The highest BCUT2D eigenvalue weighted by molar-refractivity contribution is 5.84. The first-order chi connectivity index (χ1) is 15.7. The molecule has 164 valence electrons. The molecule has 1 saturated heterocycles. The van der Waals surface area contributed by atoms with E-state index in [9.17, 15) is 0 Å². The van der Waals surface area contributed by atoms with Crippen LogP contribution in [-0.2, 0) is 11.2 Å². The van der Waals surface area contributed by atoms with Gasteiger partial charge in [-0.3, -0.25) is 4.90 Å². The molecule has 0 aliphatic carbocycles. The molecule has 0 radical (unpaired) electrons. The van der Waals surface area contributed by atoms with Gasteiger partial charge in [0.15, 0.2) is 0 Å². The standard InChI is InChI=1S/C27H29N3O2/c1-20-6-5-9-22(16-20)27-28-25-19-24(32-15-12-30-10-13-31-14-11-30)18-23(26(25)29-27)17-21-7-3-2-4-8-21/h2-9,16,18-19H,10-15,17H2,1H3,(H,28,29). The van der Waals surface area contributed by atoms with Crippen molar-refractivity contribution in [2.45, 2.75) is 13.3 Å². The van der Waals surface area contributed by atoms with Crippen LogP contribution in [0.5, 0.6) is 5.75 Å². The summed E-state index contributed by atoms with van der Waals surface area (Å²) in [6, 6.07) is 23.2. The number of aryl methyl sites for hydroxylation is 1. The summed E-state index contributed by atoms with van der Waals surface area (Å²) in [5.41, 5.74) is 6.77. The maximum absolute atomic E-state index is 6.20. The monoisotopic (exact) mass is 427 g/mol. The van der Waals surface area contributed by atoms with E-state index in [0.29, 0.717) is 6.61 Å². The van der Waals surface area contributed by atoms with E-state index in [-0.39, 0.29) is 0 Å². The number of H-pyrrole nitrogens is 1. The van der Waals surface area contributed by atoms with Gasteiger partial charge in [0, 0.05) is 31.3 Å². The number of imidazole rings is 1. The van der Waals surface area contributed by atoms with Crippen molar-refractivity contribution in [3.8, 4) is 17.1 Å². The van der Waals surface area contributed by atoms with Crippen LogP contribution in [0.3, 0.4) is 0 Å². The van der Waals surface area contributed by atoms with E-state index in [1.165, 1.54) is 16.7 Å². The number of aromatic amines is 1. The third-order valence-corrected chi connectivity index (χ3v) is 5.95. The van der Waals surface area contributed by atoms with Crippen LogP contribution in [0.1, 0.15) is 16.7 Å². The minimum Gasteiger partial charge on any atom is -0.492 e. The average Bonchev–Trinajstić information content (AvgIpc) is 3.25. The van der Waals surface area contributed by atoms with Gasteiger partial charge in [0.1, 0.15) is 18.2 Å². The normalized spacial score (nSPS) is 14.7. The molecule has 1 aromatic heterocycles. The maximum Gasteiger partial charge on any atom is 0.138 e. The van der Waals surface area contributed by atoms with Crippen LogP contribution in [0, 0.1) is 6.92 Å². The molecular formula is C27H29N3O2. The third kappa shape index (κ3) is 4.85. The molecule has 5 heteroatoms. The summed E-state index contributed by atoms with van der Waals surface area (Å²) >= 11 is 0. The van der Waals surface area contributed by atoms with Crippen molar-refractivity contribution in [3.63, 3.8) is 0 Å². The highest BCUT2D eigenvalue weighted by Gasteiger charge is 2.14. The van der Waals surface area contributed by atoms with Crippen molar-refractivity contribution in [2.75, 3.05) is 39.5 Å². The SMILES string of the molecule is Cc1cccc(-c2nc3c(Cc4ccccc4)cc(OCCN4CCOCC4)cc3[nH]2)c1. The molecule has 1 N–H and O–H groups in total. The lowest BCUT2D eigenvalue weighted by molar-refractivity contribution is 0.0322. The van der Waals surface area contributed by atoms with E-state index < -0.39 is 0 Å². The largest absolute Gasteiger partial charge is 0.492 e. The van der Waals surface area contributed by atoms with Crippen LogP contribution in [-0.4, -0.2) is 54.3 Å². The molecule has 32 heavy (non-hydrogen) atoms. The average molecular weight is 428 g/mol. The van der Waals surface area contributed by atoms with Crippen LogP contribution in [0.2, 0.25) is 0 Å². The van der Waals surface area contributed by atoms with E-state index >= 15 is 0 Å². The summed E-state index contributed by atoms with van der Waals surface area (Å²) in [4.78, 5) is 10.9. The number of rotatable bonds is 7. The zero-order chi connectivity index (χ0) is 21.8. The van der Waals surface area contributed by atoms with Crippen molar-refractivity contribution in [2.24, 2.45) is 0 Å². The first kappa shape index (κ1) is 20.7. The van der Waals surface area contributed by atoms with Gasteiger partial charge in [-0.25, -0.2) is 4.98 Å². The minimum absolute atomic E-state index is 0.662. The van der Waals surface area contributed by atoms with Gasteiger partial charge in [-0.15, -0.1) is 0 Å². The molecule has 0 unspecified atom stereocenters. The van der Waals surface area contributed by atoms with E-state index in [2.05, 4.69) is 83.5 Å². The number of hydrogen-bond donors (Lipinski definition) is 1. The zero-order valence-corrected chi connectivity index (χ0v) is 18.5. The predicted molar refractivity (Wildman–Crippen MR) is 128 cm³/mol. The number of nitrogens with zero attached hydrogens (tertiary/aromatic N) is 2. The second-order valence-electron chi connectivity index (χ2n) is 8.40. The van der Waals surface area contributed by atoms with E-state index in [1.807, 2.05) is 0 Å². The summed E-state index contributed by atoms with van der Waals surface area (Å²) in [6.45, 7) is 7.24. The minimum atomic E-state index is 0.662. The summed E-state index contributed by atoms with van der Waals surface area (Å²) < 4.78 is 11.6. The Balaban J connectivity index is 1.44. The second-order valence-corrected chi connectivity index (χ2v) is 8.40. The summed E-state index contributed by atoms with van der Waals surface area (Å²) in [5, 5.41) is 0. The molecule has 3 aromatic carbocycles. The lowest BCUT2D eigenvalue weighted by Crippen LogP contribution is -2.38. The van der Waals surface area contributed by atoms with Crippen LogP contribution < -0.4 is 4.74 Å². The highest BCUT2D eigenvalue weighted by atomic mass is 16.5. The Morgan fingerprint density at radius 2 is 1.84 bits per heavy atom. The molecular weight excluding hydrogens is 398 g/mol. The maximum atomic E-state index is 6.20. The van der Waals surface area contributed by atoms with E-state index in [1.54, 1.807) is 0 Å². The molecule has 5 nitrogen and oxygen atoms in total. The lowest BCUT2D eigenvalue weighted by atomic mass is 10.0. The Morgan fingerprint density at radius 1 is 1.00 bits per heavy atom. The number of ether oxygens (including phenoxy) is 2.